The number of rotatable bonds is 1. The van der Waals surface area contributed by atoms with Crippen molar-refractivity contribution in [3.05, 3.63) is 21.5 Å². The fourth-order valence-electron chi connectivity index (χ4n) is 3.02. The molecule has 2 atom stereocenters. The van der Waals surface area contributed by atoms with Gasteiger partial charge in [0.2, 0.25) is 0 Å². The summed E-state index contributed by atoms with van der Waals surface area (Å²) in [4.78, 5) is 10.2. The summed E-state index contributed by atoms with van der Waals surface area (Å²) in [5.74, 6) is 0.579. The highest BCUT2D eigenvalue weighted by Gasteiger charge is 2.27. The number of fused-ring (bicyclic) bond motifs is 1. The largest absolute Gasteiger partial charge is 0.329 e. The van der Waals surface area contributed by atoms with Crippen LogP contribution in [0.4, 0.5) is 0 Å². The van der Waals surface area contributed by atoms with Gasteiger partial charge in [-0.1, -0.05) is 6.92 Å². The zero-order valence-electron chi connectivity index (χ0n) is 11.1. The fraction of sp³-hybridized carbons (Fsp3) is 0.538. The first-order chi connectivity index (χ1) is 9.06. The summed E-state index contributed by atoms with van der Waals surface area (Å²) in [7, 11) is 2.18. The van der Waals surface area contributed by atoms with Gasteiger partial charge in [-0.2, -0.15) is 0 Å². The summed E-state index contributed by atoms with van der Waals surface area (Å²) in [6.07, 6.45) is 2.96. The number of H-pyrrole nitrogens is 1. The monoisotopic (exact) mass is 340 g/mol. The lowest BCUT2D eigenvalue weighted by molar-refractivity contribution is 0.160. The molecule has 2 unspecified atom stereocenters. The van der Waals surface area contributed by atoms with Crippen molar-refractivity contribution in [3.8, 4) is 0 Å². The lowest BCUT2D eigenvalue weighted by atomic mass is 9.94. The third kappa shape index (κ3) is 2.37. The molecule has 2 aromatic rings. The van der Waals surface area contributed by atoms with Gasteiger partial charge < -0.3 is 9.88 Å². The van der Waals surface area contributed by atoms with Crippen LogP contribution in [0.25, 0.3) is 11.2 Å². The van der Waals surface area contributed by atoms with Gasteiger partial charge >= 0.3 is 0 Å². The maximum Gasteiger partial charge on any atom is 0.179 e. The maximum absolute atomic E-state index is 5.50. The van der Waals surface area contributed by atoms with E-state index < -0.39 is 0 Å². The Hall–Kier alpha value is -0.720. The molecule has 1 N–H and O–H groups in total. The fourth-order valence-corrected chi connectivity index (χ4v) is 3.68. The second-order valence-corrected chi connectivity index (χ2v) is 6.72. The molecule has 0 amide bonds. The van der Waals surface area contributed by atoms with Crippen LogP contribution in [0.5, 0.6) is 0 Å². The maximum atomic E-state index is 5.50. The van der Waals surface area contributed by atoms with Crippen LogP contribution >= 0.6 is 28.1 Å². The molecule has 0 spiro atoms. The van der Waals surface area contributed by atoms with E-state index >= 15 is 0 Å². The Kier molecular flexibility index (Phi) is 3.49. The highest BCUT2D eigenvalue weighted by molar-refractivity contribution is 9.10. The Balaban J connectivity index is 2.09. The van der Waals surface area contributed by atoms with E-state index in [0.717, 1.165) is 39.9 Å². The molecular formula is C13H17BrN4S. The molecule has 1 aliphatic rings. The Bertz CT molecular complexity index is 662. The minimum Gasteiger partial charge on any atom is -0.329 e. The van der Waals surface area contributed by atoms with Crippen molar-refractivity contribution in [2.75, 3.05) is 20.1 Å². The summed E-state index contributed by atoms with van der Waals surface area (Å²) >= 11 is 8.95. The lowest BCUT2D eigenvalue weighted by Gasteiger charge is -2.35. The van der Waals surface area contributed by atoms with Crippen LogP contribution in [-0.4, -0.2) is 39.6 Å². The molecule has 1 saturated heterocycles. The van der Waals surface area contributed by atoms with Gasteiger partial charge in [0.15, 0.2) is 10.4 Å². The standard InChI is InChI=1S/C13H17BrN4S/c1-8-7-17(2)4-3-11(8)18-12-10(16-13(18)19)5-9(14)6-15-12/h5-6,8,11H,3-4,7H2,1-2H3,(H,16,19). The molecular weight excluding hydrogens is 324 g/mol. The predicted octanol–water partition coefficient (Wildman–Crippen LogP) is 3.37. The lowest BCUT2D eigenvalue weighted by Crippen LogP contribution is -2.37. The van der Waals surface area contributed by atoms with E-state index in [9.17, 15) is 0 Å². The third-order valence-electron chi connectivity index (χ3n) is 3.92. The summed E-state index contributed by atoms with van der Waals surface area (Å²) < 4.78 is 3.95. The molecule has 4 nitrogen and oxygen atoms in total. The van der Waals surface area contributed by atoms with Gasteiger partial charge in [0, 0.05) is 23.3 Å². The van der Waals surface area contributed by atoms with Gasteiger partial charge in [-0.15, -0.1) is 0 Å². The van der Waals surface area contributed by atoms with Gasteiger partial charge in [-0.05, 0) is 60.1 Å². The summed E-state index contributed by atoms with van der Waals surface area (Å²) in [5.41, 5.74) is 1.97. The van der Waals surface area contributed by atoms with Crippen LogP contribution in [0.3, 0.4) is 0 Å². The smallest absolute Gasteiger partial charge is 0.179 e. The zero-order valence-corrected chi connectivity index (χ0v) is 13.5. The molecule has 0 aromatic carbocycles. The third-order valence-corrected chi connectivity index (χ3v) is 4.65. The molecule has 3 rings (SSSR count). The Morgan fingerprint density at radius 3 is 3.05 bits per heavy atom. The van der Waals surface area contributed by atoms with Crippen molar-refractivity contribution in [2.45, 2.75) is 19.4 Å². The van der Waals surface area contributed by atoms with Crippen molar-refractivity contribution in [3.63, 3.8) is 0 Å². The second kappa shape index (κ2) is 5.00. The highest BCUT2D eigenvalue weighted by Crippen LogP contribution is 2.30. The minimum atomic E-state index is 0.436. The van der Waals surface area contributed by atoms with Crippen LogP contribution < -0.4 is 0 Å². The molecule has 1 fully saturated rings. The number of hydrogen-bond acceptors (Lipinski definition) is 3. The van der Waals surface area contributed by atoms with E-state index in [1.165, 1.54) is 0 Å². The molecule has 102 valence electrons. The number of nitrogens with one attached hydrogen (secondary N) is 1. The first kappa shape index (κ1) is 13.3. The molecule has 2 aromatic heterocycles. The summed E-state index contributed by atoms with van der Waals surface area (Å²) in [5, 5.41) is 0. The van der Waals surface area contributed by atoms with Gasteiger partial charge in [-0.3, -0.25) is 4.57 Å². The first-order valence-electron chi connectivity index (χ1n) is 6.50. The number of aromatic amines is 1. The number of imidazole rings is 1. The van der Waals surface area contributed by atoms with Gasteiger partial charge in [0.25, 0.3) is 0 Å². The topological polar surface area (TPSA) is 36.9 Å². The van der Waals surface area contributed by atoms with E-state index in [4.69, 9.17) is 12.2 Å². The summed E-state index contributed by atoms with van der Waals surface area (Å²) in [6.45, 7) is 4.51. The van der Waals surface area contributed by atoms with Gasteiger partial charge in [0.05, 0.1) is 5.52 Å². The number of likely N-dealkylation sites (tertiary alicyclic amines) is 1. The van der Waals surface area contributed by atoms with E-state index in [0.29, 0.717) is 12.0 Å². The number of nitrogens with zero attached hydrogens (tertiary/aromatic N) is 3. The average molecular weight is 341 g/mol. The van der Waals surface area contributed by atoms with Crippen LogP contribution in [0.1, 0.15) is 19.4 Å². The molecule has 1 aliphatic heterocycles. The summed E-state index contributed by atoms with van der Waals surface area (Å²) in [6, 6.07) is 2.47. The molecule has 0 aliphatic carbocycles. The molecule has 0 bridgehead atoms. The Morgan fingerprint density at radius 1 is 1.53 bits per heavy atom. The molecule has 19 heavy (non-hydrogen) atoms. The zero-order chi connectivity index (χ0) is 13.6. The van der Waals surface area contributed by atoms with Crippen molar-refractivity contribution >= 4 is 39.3 Å². The first-order valence-corrected chi connectivity index (χ1v) is 7.70. The number of pyridine rings is 1. The van der Waals surface area contributed by atoms with Crippen molar-refractivity contribution in [1.82, 2.24) is 19.4 Å². The number of aromatic nitrogens is 3. The SMILES string of the molecule is CC1CN(C)CCC1n1c(=S)[nH]c2cc(Br)cnc21. The van der Waals surface area contributed by atoms with E-state index in [1.54, 1.807) is 0 Å². The number of halogens is 1. The van der Waals surface area contributed by atoms with Crippen molar-refractivity contribution in [1.29, 1.82) is 0 Å². The Morgan fingerprint density at radius 2 is 2.32 bits per heavy atom. The van der Waals surface area contributed by atoms with Crippen LogP contribution in [0, 0.1) is 10.7 Å². The second-order valence-electron chi connectivity index (χ2n) is 5.42. The van der Waals surface area contributed by atoms with Crippen LogP contribution in [-0.2, 0) is 0 Å². The van der Waals surface area contributed by atoms with E-state index in [-0.39, 0.29) is 0 Å². The molecule has 6 heteroatoms. The predicted molar refractivity (Wildman–Crippen MR) is 82.9 cm³/mol. The molecule has 0 radical (unpaired) electrons. The van der Waals surface area contributed by atoms with Crippen LogP contribution in [0.15, 0.2) is 16.7 Å². The van der Waals surface area contributed by atoms with E-state index in [2.05, 4.69) is 49.3 Å². The highest BCUT2D eigenvalue weighted by atomic mass is 79.9. The quantitative estimate of drug-likeness (QED) is 0.808. The minimum absolute atomic E-state index is 0.436. The average Bonchev–Trinajstić information content (AvgIpc) is 2.65. The van der Waals surface area contributed by atoms with E-state index in [1.807, 2.05) is 12.3 Å². The van der Waals surface area contributed by atoms with Crippen molar-refractivity contribution in [2.24, 2.45) is 5.92 Å². The molecule has 0 saturated carbocycles. The normalized spacial score (nSPS) is 25.0. The van der Waals surface area contributed by atoms with Crippen molar-refractivity contribution < 1.29 is 0 Å². The van der Waals surface area contributed by atoms with Crippen LogP contribution in [0.2, 0.25) is 0 Å². The molecule has 3 heterocycles. The number of piperidine rings is 1. The Labute approximate surface area is 126 Å². The van der Waals surface area contributed by atoms with Gasteiger partial charge in [-0.25, -0.2) is 4.98 Å². The van der Waals surface area contributed by atoms with Gasteiger partial charge in [0.1, 0.15) is 0 Å². The number of hydrogen-bond donors (Lipinski definition) is 1.